The molecule has 0 atom stereocenters. The number of hydrogen-bond donors (Lipinski definition) is 1. The van der Waals surface area contributed by atoms with Crippen molar-refractivity contribution in [3.05, 3.63) is 101 Å². The fourth-order valence-electron chi connectivity index (χ4n) is 3.46. The van der Waals surface area contributed by atoms with Crippen molar-refractivity contribution < 1.29 is 14.3 Å². The third kappa shape index (κ3) is 5.28. The number of carbonyl (C=O) groups is 2. The summed E-state index contributed by atoms with van der Waals surface area (Å²) in [5.74, 6) is -0.0921. The van der Waals surface area contributed by atoms with Crippen molar-refractivity contribution in [1.82, 2.24) is 0 Å². The Labute approximate surface area is 183 Å². The van der Waals surface area contributed by atoms with Crippen LogP contribution in [-0.4, -0.2) is 18.8 Å². The van der Waals surface area contributed by atoms with Crippen LogP contribution in [0, 0.1) is 0 Å². The Morgan fingerprint density at radius 3 is 2.13 bits per heavy atom. The summed E-state index contributed by atoms with van der Waals surface area (Å²) in [6.45, 7) is 4.10. The van der Waals surface area contributed by atoms with Gasteiger partial charge in [-0.3, -0.25) is 9.59 Å². The van der Waals surface area contributed by atoms with Crippen LogP contribution in [0.15, 0.2) is 78.4 Å². The third-order valence-electron chi connectivity index (χ3n) is 5.17. The molecule has 3 aromatic carbocycles. The summed E-state index contributed by atoms with van der Waals surface area (Å²) in [7, 11) is 1.58. The first-order valence-corrected chi connectivity index (χ1v) is 10.4. The summed E-state index contributed by atoms with van der Waals surface area (Å²) >= 11 is 0. The summed E-state index contributed by atoms with van der Waals surface area (Å²) in [5, 5.41) is 3.02. The maximum absolute atomic E-state index is 13.4. The molecular formula is C27H27NO3. The number of carbonyl (C=O) groups excluding carboxylic acids is 2. The molecule has 4 heteroatoms. The van der Waals surface area contributed by atoms with Gasteiger partial charge in [0, 0.05) is 11.3 Å². The number of ketones is 1. The summed E-state index contributed by atoms with van der Waals surface area (Å²) in [5.41, 5.74) is 4.13. The van der Waals surface area contributed by atoms with Gasteiger partial charge >= 0.3 is 0 Å². The average molecular weight is 414 g/mol. The van der Waals surface area contributed by atoms with Gasteiger partial charge in [-0.25, -0.2) is 0 Å². The number of para-hydroxylation sites is 1. The predicted octanol–water partition coefficient (Wildman–Crippen LogP) is 5.73. The van der Waals surface area contributed by atoms with E-state index in [1.165, 1.54) is 0 Å². The van der Waals surface area contributed by atoms with Crippen molar-refractivity contribution in [3.63, 3.8) is 0 Å². The summed E-state index contributed by atoms with van der Waals surface area (Å²) < 4.78 is 5.28. The van der Waals surface area contributed by atoms with Crippen LogP contribution in [-0.2, 0) is 17.6 Å². The Morgan fingerprint density at radius 1 is 0.871 bits per heavy atom. The van der Waals surface area contributed by atoms with Crippen LogP contribution in [0.1, 0.15) is 40.9 Å². The Hall–Kier alpha value is -3.66. The van der Waals surface area contributed by atoms with Crippen LogP contribution in [0.25, 0.3) is 6.08 Å². The molecule has 3 aromatic rings. The van der Waals surface area contributed by atoms with Crippen molar-refractivity contribution >= 4 is 23.5 Å². The van der Waals surface area contributed by atoms with Crippen molar-refractivity contribution in [3.8, 4) is 5.75 Å². The molecule has 0 aromatic heterocycles. The monoisotopic (exact) mass is 413 g/mol. The first kappa shape index (κ1) is 22.0. The quantitative estimate of drug-likeness (QED) is 0.222. The first-order chi connectivity index (χ1) is 15.1. The van der Waals surface area contributed by atoms with Crippen LogP contribution >= 0.6 is 0 Å². The number of rotatable bonds is 8. The highest BCUT2D eigenvalue weighted by Crippen LogP contribution is 2.25. The third-order valence-corrected chi connectivity index (χ3v) is 5.17. The molecule has 0 heterocycles. The lowest BCUT2D eigenvalue weighted by Crippen LogP contribution is -2.22. The Kier molecular flexibility index (Phi) is 7.39. The van der Waals surface area contributed by atoms with E-state index in [0.717, 1.165) is 29.7 Å². The maximum Gasteiger partial charge on any atom is 0.259 e. The molecule has 4 nitrogen and oxygen atoms in total. The van der Waals surface area contributed by atoms with E-state index >= 15 is 0 Å². The minimum Gasteiger partial charge on any atom is -0.497 e. The lowest BCUT2D eigenvalue weighted by Gasteiger charge is -2.15. The normalized spacial score (nSPS) is 11.1. The predicted molar refractivity (Wildman–Crippen MR) is 126 cm³/mol. The smallest absolute Gasteiger partial charge is 0.259 e. The van der Waals surface area contributed by atoms with Crippen LogP contribution in [0.2, 0.25) is 0 Å². The summed E-state index contributed by atoms with van der Waals surface area (Å²) in [4.78, 5) is 26.7. The van der Waals surface area contributed by atoms with Crippen molar-refractivity contribution in [2.45, 2.75) is 26.7 Å². The molecule has 1 amide bonds. The maximum atomic E-state index is 13.4. The number of ether oxygens (including phenoxy) is 1. The highest BCUT2D eigenvalue weighted by atomic mass is 16.5. The second kappa shape index (κ2) is 10.4. The van der Waals surface area contributed by atoms with Gasteiger partial charge in [-0.15, -0.1) is 0 Å². The topological polar surface area (TPSA) is 55.4 Å². The standard InChI is InChI=1S/C27H27NO3/c1-4-20-14-10-15-21(5-2)25(20)28-27(30)24(26(29)22-12-7-6-8-13-22)18-19-11-9-16-23(17-19)31-3/h6-18H,4-5H2,1-3H3,(H,28,30)/b24-18+. The zero-order chi connectivity index (χ0) is 22.2. The zero-order valence-electron chi connectivity index (χ0n) is 18.1. The van der Waals surface area contributed by atoms with Gasteiger partial charge in [0.05, 0.1) is 12.7 Å². The Balaban J connectivity index is 2.05. The highest BCUT2D eigenvalue weighted by Gasteiger charge is 2.22. The van der Waals surface area contributed by atoms with E-state index in [9.17, 15) is 9.59 Å². The van der Waals surface area contributed by atoms with Gasteiger partial charge in [0.2, 0.25) is 0 Å². The van der Waals surface area contributed by atoms with Crippen LogP contribution < -0.4 is 10.1 Å². The van der Waals surface area contributed by atoms with Gasteiger partial charge in [-0.1, -0.05) is 74.5 Å². The van der Waals surface area contributed by atoms with Gasteiger partial charge in [0.1, 0.15) is 5.75 Å². The number of amides is 1. The molecule has 0 radical (unpaired) electrons. The molecule has 0 aliphatic heterocycles. The molecular weight excluding hydrogens is 386 g/mol. The first-order valence-electron chi connectivity index (χ1n) is 10.4. The van der Waals surface area contributed by atoms with E-state index in [-0.39, 0.29) is 11.4 Å². The number of Topliss-reactive ketones (excluding diaryl/α,β-unsaturated/α-hetero) is 1. The molecule has 1 N–H and O–H groups in total. The fourth-order valence-corrected chi connectivity index (χ4v) is 3.46. The van der Waals surface area contributed by atoms with Crippen LogP contribution in [0.5, 0.6) is 5.75 Å². The molecule has 3 rings (SSSR count). The van der Waals surface area contributed by atoms with Gasteiger partial charge in [-0.05, 0) is 47.7 Å². The number of nitrogens with one attached hydrogen (secondary N) is 1. The molecule has 0 fully saturated rings. The molecule has 0 unspecified atom stereocenters. The van der Waals surface area contributed by atoms with Gasteiger partial charge in [0.15, 0.2) is 5.78 Å². The highest BCUT2D eigenvalue weighted by molar-refractivity contribution is 6.31. The van der Waals surface area contributed by atoms with Crippen molar-refractivity contribution in [2.75, 3.05) is 12.4 Å². The lowest BCUT2D eigenvalue weighted by molar-refractivity contribution is -0.112. The fraction of sp³-hybridized carbons (Fsp3) is 0.185. The lowest BCUT2D eigenvalue weighted by atomic mass is 9.98. The number of anilines is 1. The SMILES string of the molecule is CCc1cccc(CC)c1NC(=O)/C(=C/c1cccc(OC)c1)C(=O)c1ccccc1. The largest absolute Gasteiger partial charge is 0.497 e. The second-order valence-electron chi connectivity index (χ2n) is 7.14. The number of benzene rings is 3. The summed E-state index contributed by atoms with van der Waals surface area (Å²) in [6.07, 6.45) is 3.18. The summed E-state index contributed by atoms with van der Waals surface area (Å²) in [6, 6.07) is 22.1. The van der Waals surface area contributed by atoms with Crippen LogP contribution in [0.4, 0.5) is 5.69 Å². The zero-order valence-corrected chi connectivity index (χ0v) is 18.1. The molecule has 158 valence electrons. The molecule has 0 saturated heterocycles. The van der Waals surface area contributed by atoms with E-state index in [1.807, 2.05) is 56.3 Å². The van der Waals surface area contributed by atoms with Gasteiger partial charge < -0.3 is 10.1 Å². The van der Waals surface area contributed by atoms with Crippen molar-refractivity contribution in [1.29, 1.82) is 0 Å². The number of methoxy groups -OCH3 is 1. The van der Waals surface area contributed by atoms with Gasteiger partial charge in [-0.2, -0.15) is 0 Å². The average Bonchev–Trinajstić information content (AvgIpc) is 2.82. The van der Waals surface area contributed by atoms with E-state index in [1.54, 1.807) is 43.5 Å². The second-order valence-corrected chi connectivity index (χ2v) is 7.14. The van der Waals surface area contributed by atoms with Crippen molar-refractivity contribution in [2.24, 2.45) is 0 Å². The molecule has 0 bridgehead atoms. The molecule has 31 heavy (non-hydrogen) atoms. The minimum atomic E-state index is -0.424. The number of hydrogen-bond acceptors (Lipinski definition) is 3. The van der Waals surface area contributed by atoms with E-state index in [4.69, 9.17) is 4.74 Å². The molecule has 0 aliphatic rings. The van der Waals surface area contributed by atoms with E-state index < -0.39 is 5.91 Å². The minimum absolute atomic E-state index is 0.0763. The molecule has 0 aliphatic carbocycles. The van der Waals surface area contributed by atoms with Gasteiger partial charge in [0.25, 0.3) is 5.91 Å². The molecule has 0 saturated carbocycles. The van der Waals surface area contributed by atoms with E-state index in [2.05, 4.69) is 5.32 Å². The van der Waals surface area contributed by atoms with E-state index in [0.29, 0.717) is 16.9 Å². The molecule has 0 spiro atoms. The Bertz CT molecular complexity index is 1080. The Morgan fingerprint density at radius 2 is 1.52 bits per heavy atom. The van der Waals surface area contributed by atoms with Crippen LogP contribution in [0.3, 0.4) is 0 Å². The number of aryl methyl sites for hydroxylation is 2.